The van der Waals surface area contributed by atoms with E-state index in [1.807, 2.05) is 0 Å². The molecule has 0 spiro atoms. The highest BCUT2D eigenvalue weighted by molar-refractivity contribution is 7.89. The van der Waals surface area contributed by atoms with Crippen molar-refractivity contribution in [3.8, 4) is 0 Å². The zero-order valence-electron chi connectivity index (χ0n) is 10.6. The van der Waals surface area contributed by atoms with E-state index >= 15 is 0 Å². The maximum atomic E-state index is 11.9. The summed E-state index contributed by atoms with van der Waals surface area (Å²) < 4.78 is 22.6. The van der Waals surface area contributed by atoms with Gasteiger partial charge in [-0.3, -0.25) is 14.9 Å². The average molecular weight is 299 g/mol. The molecule has 1 fully saturated rings. The number of sulfonamides is 1. The number of rotatable bonds is 3. The van der Waals surface area contributed by atoms with Gasteiger partial charge in [0.1, 0.15) is 5.25 Å². The summed E-state index contributed by atoms with van der Waals surface area (Å²) in [6.45, 7) is 1.59. The van der Waals surface area contributed by atoms with E-state index in [1.54, 1.807) is 6.92 Å². The van der Waals surface area contributed by atoms with Crippen LogP contribution in [0.2, 0.25) is 0 Å². The van der Waals surface area contributed by atoms with Crippen molar-refractivity contribution in [2.75, 3.05) is 11.4 Å². The normalized spacial score (nSPS) is 19.4. The molecule has 2 N–H and O–H groups in total. The summed E-state index contributed by atoms with van der Waals surface area (Å²) in [6.07, 6.45) is -0.171. The van der Waals surface area contributed by atoms with Crippen LogP contribution in [0.3, 0.4) is 0 Å². The van der Waals surface area contributed by atoms with Crippen LogP contribution >= 0.6 is 0 Å². The van der Waals surface area contributed by atoms with Gasteiger partial charge in [-0.05, 0) is 18.6 Å². The lowest BCUT2D eigenvalue weighted by molar-refractivity contribution is -0.384. The second kappa shape index (κ2) is 4.84. The number of non-ortho nitro benzene ring substituents is 1. The van der Waals surface area contributed by atoms with Crippen LogP contribution in [0.5, 0.6) is 0 Å². The lowest BCUT2D eigenvalue weighted by Gasteiger charge is -2.18. The van der Waals surface area contributed by atoms with Gasteiger partial charge in [0.15, 0.2) is 0 Å². The van der Waals surface area contributed by atoms with E-state index in [9.17, 15) is 23.3 Å². The summed E-state index contributed by atoms with van der Waals surface area (Å²) in [5.74, 6) is -0.360. The van der Waals surface area contributed by atoms with Crippen LogP contribution in [-0.4, -0.2) is 31.0 Å². The van der Waals surface area contributed by atoms with E-state index in [0.29, 0.717) is 11.3 Å². The van der Waals surface area contributed by atoms with Crippen LogP contribution in [0.1, 0.15) is 12.0 Å². The summed E-state index contributed by atoms with van der Waals surface area (Å²) in [4.78, 5) is 23.3. The van der Waals surface area contributed by atoms with Crippen LogP contribution in [0.25, 0.3) is 0 Å². The molecule has 1 aliphatic rings. The Morgan fingerprint density at radius 1 is 1.45 bits per heavy atom. The minimum atomic E-state index is -3.78. The first-order valence-corrected chi connectivity index (χ1v) is 7.38. The Kier molecular flexibility index (Phi) is 3.48. The van der Waals surface area contributed by atoms with Crippen molar-refractivity contribution >= 4 is 27.3 Å². The lowest BCUT2D eigenvalue weighted by atomic mass is 10.1. The third-order valence-corrected chi connectivity index (χ3v) is 4.48. The van der Waals surface area contributed by atoms with Gasteiger partial charge in [0.2, 0.25) is 15.9 Å². The maximum absolute atomic E-state index is 11.9. The fourth-order valence-corrected chi connectivity index (χ4v) is 2.92. The number of carbonyl (C=O) groups excluding carboxylic acids is 1. The molecule has 1 atom stereocenters. The van der Waals surface area contributed by atoms with Crippen molar-refractivity contribution in [3.05, 3.63) is 33.9 Å². The van der Waals surface area contributed by atoms with Crippen molar-refractivity contribution in [3.63, 3.8) is 0 Å². The number of nitrogens with zero attached hydrogens (tertiary/aromatic N) is 2. The Labute approximate surface area is 115 Å². The quantitative estimate of drug-likeness (QED) is 0.635. The number of hydrogen-bond acceptors (Lipinski definition) is 5. The van der Waals surface area contributed by atoms with Crippen LogP contribution < -0.4 is 10.0 Å². The number of anilines is 1. The molecule has 0 saturated carbocycles. The van der Waals surface area contributed by atoms with Gasteiger partial charge in [0.25, 0.3) is 5.69 Å². The monoisotopic (exact) mass is 299 g/mol. The summed E-state index contributed by atoms with van der Waals surface area (Å²) >= 11 is 0. The predicted octanol–water partition coefficient (Wildman–Crippen LogP) is 0.297. The number of benzene rings is 1. The van der Waals surface area contributed by atoms with Crippen molar-refractivity contribution in [1.29, 1.82) is 0 Å². The number of aryl methyl sites for hydroxylation is 1. The van der Waals surface area contributed by atoms with Crippen molar-refractivity contribution in [1.82, 2.24) is 0 Å². The first kappa shape index (κ1) is 14.4. The molecule has 1 aliphatic heterocycles. The molecule has 9 heteroatoms. The second-order valence-electron chi connectivity index (χ2n) is 4.65. The topological polar surface area (TPSA) is 124 Å². The predicted molar refractivity (Wildman–Crippen MR) is 71.7 cm³/mol. The lowest BCUT2D eigenvalue weighted by Crippen LogP contribution is -2.32. The Hall–Kier alpha value is -2.00. The van der Waals surface area contributed by atoms with Crippen molar-refractivity contribution in [2.45, 2.75) is 18.6 Å². The van der Waals surface area contributed by atoms with Crippen LogP contribution in [0.15, 0.2) is 18.2 Å². The molecule has 1 amide bonds. The molecule has 0 bridgehead atoms. The van der Waals surface area contributed by atoms with Crippen molar-refractivity contribution < 1.29 is 18.1 Å². The zero-order chi connectivity index (χ0) is 15.1. The summed E-state index contributed by atoms with van der Waals surface area (Å²) in [5, 5.41) is 14.8. The highest BCUT2D eigenvalue weighted by Crippen LogP contribution is 2.29. The highest BCUT2D eigenvalue weighted by Gasteiger charge is 2.37. The first-order valence-electron chi connectivity index (χ1n) is 5.77. The maximum Gasteiger partial charge on any atom is 0.269 e. The molecule has 1 unspecified atom stereocenters. The summed E-state index contributed by atoms with van der Waals surface area (Å²) in [5.41, 5.74) is 0.912. The molecule has 108 valence electrons. The first-order chi connectivity index (χ1) is 9.20. The van der Waals surface area contributed by atoms with Gasteiger partial charge >= 0.3 is 0 Å². The van der Waals surface area contributed by atoms with E-state index < -0.39 is 20.2 Å². The Morgan fingerprint density at radius 3 is 2.55 bits per heavy atom. The molecular formula is C11H13N3O5S. The molecule has 0 aromatic heterocycles. The number of nitro benzene ring substituents is 1. The Bertz CT molecular complexity index is 685. The third-order valence-electron chi connectivity index (χ3n) is 3.24. The van der Waals surface area contributed by atoms with Gasteiger partial charge in [0.05, 0.1) is 4.92 Å². The SMILES string of the molecule is Cc1cc([N+](=O)[O-])ccc1N1CC(S(N)(=O)=O)CC1=O. The Balaban J connectivity index is 2.33. The minimum Gasteiger partial charge on any atom is -0.311 e. The fraction of sp³-hybridized carbons (Fsp3) is 0.364. The largest absolute Gasteiger partial charge is 0.311 e. The number of hydrogen-bond donors (Lipinski definition) is 1. The van der Waals surface area contributed by atoms with Gasteiger partial charge < -0.3 is 4.90 Å². The van der Waals surface area contributed by atoms with E-state index in [4.69, 9.17) is 5.14 Å². The standard InChI is InChI=1S/C11H13N3O5S/c1-7-4-8(14(16)17)2-3-10(7)13-6-9(5-11(13)15)20(12,18)19/h2-4,9H,5-6H2,1H3,(H2,12,18,19). The smallest absolute Gasteiger partial charge is 0.269 e. The van der Waals surface area contributed by atoms with Crippen LogP contribution in [0.4, 0.5) is 11.4 Å². The molecule has 20 heavy (non-hydrogen) atoms. The van der Waals surface area contributed by atoms with Gasteiger partial charge in [-0.1, -0.05) is 0 Å². The molecule has 1 aromatic carbocycles. The second-order valence-corrected chi connectivity index (χ2v) is 6.49. The van der Waals surface area contributed by atoms with E-state index in [2.05, 4.69) is 0 Å². The number of nitrogens with two attached hydrogens (primary N) is 1. The van der Waals surface area contributed by atoms with E-state index in [-0.39, 0.29) is 24.6 Å². The van der Waals surface area contributed by atoms with Gasteiger partial charge in [-0.2, -0.15) is 0 Å². The minimum absolute atomic E-state index is 0.0314. The average Bonchev–Trinajstić information content (AvgIpc) is 2.71. The molecule has 1 aromatic rings. The van der Waals surface area contributed by atoms with Crippen molar-refractivity contribution in [2.24, 2.45) is 5.14 Å². The molecule has 2 rings (SSSR count). The van der Waals surface area contributed by atoms with Gasteiger partial charge in [-0.15, -0.1) is 0 Å². The highest BCUT2D eigenvalue weighted by atomic mass is 32.2. The number of carbonyl (C=O) groups is 1. The van der Waals surface area contributed by atoms with Crippen LogP contribution in [0, 0.1) is 17.0 Å². The Morgan fingerprint density at radius 2 is 2.10 bits per heavy atom. The third kappa shape index (κ3) is 2.63. The summed E-state index contributed by atoms with van der Waals surface area (Å²) in [6, 6.07) is 4.06. The molecule has 0 radical (unpaired) electrons. The summed E-state index contributed by atoms with van der Waals surface area (Å²) in [7, 11) is -3.78. The van der Waals surface area contributed by atoms with Gasteiger partial charge in [0, 0.05) is 30.8 Å². The molecule has 1 heterocycles. The number of primary sulfonamides is 1. The fourth-order valence-electron chi connectivity index (χ4n) is 2.18. The molecule has 1 saturated heterocycles. The number of nitro groups is 1. The van der Waals surface area contributed by atoms with E-state index in [1.165, 1.54) is 23.1 Å². The molecule has 0 aliphatic carbocycles. The number of amides is 1. The van der Waals surface area contributed by atoms with E-state index in [0.717, 1.165) is 0 Å². The van der Waals surface area contributed by atoms with Crippen LogP contribution in [-0.2, 0) is 14.8 Å². The van der Waals surface area contributed by atoms with Gasteiger partial charge in [-0.25, -0.2) is 13.6 Å². The zero-order valence-corrected chi connectivity index (χ0v) is 11.5. The molecule has 8 nitrogen and oxygen atoms in total. The molecular weight excluding hydrogens is 286 g/mol.